The van der Waals surface area contributed by atoms with Crippen molar-refractivity contribution in [2.45, 2.75) is 18.6 Å². The van der Waals surface area contributed by atoms with E-state index in [-0.39, 0.29) is 17.1 Å². The number of carbonyl (C=O) groups excluding carboxylic acids is 2. The number of aliphatic hydroxyl groups is 1. The molecule has 0 radical (unpaired) electrons. The summed E-state index contributed by atoms with van der Waals surface area (Å²) in [6.45, 7) is 0.263. The fourth-order valence-corrected chi connectivity index (χ4v) is 4.81. The monoisotopic (exact) mass is 581 g/mol. The average molecular weight is 584 g/mol. The van der Waals surface area contributed by atoms with Crippen LogP contribution in [0.5, 0.6) is 0 Å². The lowest BCUT2D eigenvalue weighted by atomic mass is 9.88. The molecule has 3 aromatic rings. The zero-order chi connectivity index (χ0) is 22.3. The third-order valence-electron chi connectivity index (χ3n) is 5.20. The number of ketones is 1. The van der Waals surface area contributed by atoms with Crippen LogP contribution in [0, 0.1) is 0 Å². The lowest BCUT2D eigenvalue weighted by Crippen LogP contribution is -2.41. The topological polar surface area (TPSA) is 57.6 Å². The van der Waals surface area contributed by atoms with E-state index in [4.69, 9.17) is 23.2 Å². The first-order chi connectivity index (χ1) is 14.7. The molecule has 1 N–H and O–H groups in total. The zero-order valence-electron chi connectivity index (χ0n) is 15.9. The Morgan fingerprint density at radius 2 is 1.65 bits per heavy atom. The standard InChI is InChI=1S/C23H15Br2Cl2NO3/c24-14-3-1-13(2-4-14)12-28-20-8-5-15(25)9-18(20)23(31,22(28)30)11-21(29)17-7-6-16(26)10-19(17)27/h1-10,31H,11-12H2. The summed E-state index contributed by atoms with van der Waals surface area (Å²) < 4.78 is 1.62. The molecule has 0 aromatic heterocycles. The molecule has 1 heterocycles. The maximum atomic E-state index is 13.4. The highest BCUT2D eigenvalue weighted by molar-refractivity contribution is 9.10. The summed E-state index contributed by atoms with van der Waals surface area (Å²) in [4.78, 5) is 27.9. The normalized spacial score (nSPS) is 17.7. The van der Waals surface area contributed by atoms with Gasteiger partial charge in [0.2, 0.25) is 0 Å². The molecule has 3 aromatic carbocycles. The number of amides is 1. The van der Waals surface area contributed by atoms with Crippen molar-refractivity contribution in [2.75, 3.05) is 4.90 Å². The second-order valence-corrected chi connectivity index (χ2v) is 9.94. The van der Waals surface area contributed by atoms with E-state index < -0.39 is 23.7 Å². The van der Waals surface area contributed by atoms with Crippen molar-refractivity contribution in [3.8, 4) is 0 Å². The highest BCUT2D eigenvalue weighted by Crippen LogP contribution is 2.45. The van der Waals surface area contributed by atoms with Crippen LogP contribution in [-0.4, -0.2) is 16.8 Å². The van der Waals surface area contributed by atoms with Crippen LogP contribution in [0.1, 0.15) is 27.9 Å². The van der Waals surface area contributed by atoms with Crippen LogP contribution < -0.4 is 4.90 Å². The minimum absolute atomic E-state index is 0.174. The Balaban J connectivity index is 1.71. The number of rotatable bonds is 5. The number of hydrogen-bond acceptors (Lipinski definition) is 3. The summed E-state index contributed by atoms with van der Waals surface area (Å²) >= 11 is 18.9. The Labute approximate surface area is 206 Å². The molecule has 0 spiro atoms. The molecule has 0 saturated carbocycles. The molecule has 0 bridgehead atoms. The van der Waals surface area contributed by atoms with E-state index >= 15 is 0 Å². The molecule has 1 unspecified atom stereocenters. The number of hydrogen-bond donors (Lipinski definition) is 1. The maximum Gasteiger partial charge on any atom is 0.264 e. The van der Waals surface area contributed by atoms with Crippen molar-refractivity contribution in [2.24, 2.45) is 0 Å². The lowest BCUT2D eigenvalue weighted by Gasteiger charge is -2.23. The number of anilines is 1. The number of Topliss-reactive ketones (excluding diaryl/α,β-unsaturated/α-hetero) is 1. The van der Waals surface area contributed by atoms with Gasteiger partial charge in [-0.2, -0.15) is 0 Å². The van der Waals surface area contributed by atoms with Gasteiger partial charge in [0.25, 0.3) is 5.91 Å². The van der Waals surface area contributed by atoms with Crippen molar-refractivity contribution < 1.29 is 14.7 Å². The first-order valence-corrected chi connectivity index (χ1v) is 11.6. The van der Waals surface area contributed by atoms with Crippen LogP contribution >= 0.6 is 55.1 Å². The van der Waals surface area contributed by atoms with Crippen molar-refractivity contribution in [1.82, 2.24) is 0 Å². The van der Waals surface area contributed by atoms with Crippen molar-refractivity contribution in [3.63, 3.8) is 0 Å². The van der Waals surface area contributed by atoms with E-state index in [2.05, 4.69) is 31.9 Å². The Bertz CT molecular complexity index is 1200. The summed E-state index contributed by atoms with van der Waals surface area (Å²) in [7, 11) is 0. The smallest absolute Gasteiger partial charge is 0.264 e. The van der Waals surface area contributed by atoms with Gasteiger partial charge in [0, 0.05) is 25.1 Å². The minimum Gasteiger partial charge on any atom is -0.375 e. The molecular weight excluding hydrogens is 569 g/mol. The molecule has 8 heteroatoms. The first kappa shape index (κ1) is 22.5. The van der Waals surface area contributed by atoms with E-state index in [0.717, 1.165) is 10.0 Å². The largest absolute Gasteiger partial charge is 0.375 e. The molecule has 0 aliphatic carbocycles. The van der Waals surface area contributed by atoms with Crippen LogP contribution in [0.25, 0.3) is 0 Å². The number of carbonyl (C=O) groups is 2. The van der Waals surface area contributed by atoms with Gasteiger partial charge >= 0.3 is 0 Å². The number of fused-ring (bicyclic) bond motifs is 1. The second kappa shape index (κ2) is 8.68. The molecule has 1 amide bonds. The second-order valence-electron chi connectivity index (χ2n) is 7.26. The fourth-order valence-electron chi connectivity index (χ4n) is 3.67. The molecule has 4 rings (SSSR count). The van der Waals surface area contributed by atoms with Crippen LogP contribution in [-0.2, 0) is 16.9 Å². The summed E-state index contributed by atoms with van der Waals surface area (Å²) in [5.41, 5.74) is 0.0297. The summed E-state index contributed by atoms with van der Waals surface area (Å²) in [6.07, 6.45) is -0.437. The summed E-state index contributed by atoms with van der Waals surface area (Å²) in [6, 6.07) is 17.3. The molecular formula is C23H15Br2Cl2NO3. The van der Waals surface area contributed by atoms with E-state index in [0.29, 0.717) is 20.7 Å². The van der Waals surface area contributed by atoms with Gasteiger partial charge in [-0.3, -0.25) is 9.59 Å². The predicted molar refractivity (Wildman–Crippen MR) is 129 cm³/mol. The van der Waals surface area contributed by atoms with Crippen LogP contribution in [0.2, 0.25) is 10.0 Å². The molecule has 1 aliphatic rings. The van der Waals surface area contributed by atoms with Gasteiger partial charge < -0.3 is 10.0 Å². The van der Waals surface area contributed by atoms with Gasteiger partial charge in [-0.25, -0.2) is 0 Å². The lowest BCUT2D eigenvalue weighted by molar-refractivity contribution is -0.136. The highest BCUT2D eigenvalue weighted by Gasteiger charge is 2.51. The van der Waals surface area contributed by atoms with E-state index in [1.165, 1.54) is 17.0 Å². The molecule has 0 fully saturated rings. The van der Waals surface area contributed by atoms with Crippen molar-refractivity contribution in [1.29, 1.82) is 0 Å². The van der Waals surface area contributed by atoms with Gasteiger partial charge in [-0.1, -0.05) is 67.2 Å². The number of nitrogens with zero attached hydrogens (tertiary/aromatic N) is 1. The molecule has 1 aliphatic heterocycles. The van der Waals surface area contributed by atoms with Crippen LogP contribution in [0.3, 0.4) is 0 Å². The highest BCUT2D eigenvalue weighted by atomic mass is 79.9. The first-order valence-electron chi connectivity index (χ1n) is 9.26. The molecule has 1 atom stereocenters. The fraction of sp³-hybridized carbons (Fsp3) is 0.130. The molecule has 4 nitrogen and oxygen atoms in total. The van der Waals surface area contributed by atoms with Crippen molar-refractivity contribution >= 4 is 72.4 Å². The van der Waals surface area contributed by atoms with Gasteiger partial charge in [0.05, 0.1) is 23.7 Å². The minimum atomic E-state index is -2.01. The van der Waals surface area contributed by atoms with E-state index in [1.54, 1.807) is 24.3 Å². The van der Waals surface area contributed by atoms with Crippen molar-refractivity contribution in [3.05, 3.63) is 96.3 Å². The zero-order valence-corrected chi connectivity index (χ0v) is 20.6. The third kappa shape index (κ3) is 4.32. The summed E-state index contributed by atoms with van der Waals surface area (Å²) in [5, 5.41) is 12.1. The van der Waals surface area contributed by atoms with E-state index in [1.807, 2.05) is 24.3 Å². The van der Waals surface area contributed by atoms with Crippen LogP contribution in [0.4, 0.5) is 5.69 Å². The summed E-state index contributed by atoms with van der Waals surface area (Å²) in [5.74, 6) is -1.00. The van der Waals surface area contributed by atoms with Gasteiger partial charge in [0.1, 0.15) is 0 Å². The molecule has 31 heavy (non-hydrogen) atoms. The maximum absolute atomic E-state index is 13.4. The van der Waals surface area contributed by atoms with Crippen LogP contribution in [0.15, 0.2) is 69.6 Å². The number of benzene rings is 3. The van der Waals surface area contributed by atoms with Gasteiger partial charge in [0.15, 0.2) is 11.4 Å². The Kier molecular flexibility index (Phi) is 6.30. The predicted octanol–water partition coefficient (Wildman–Crippen LogP) is 6.53. The molecule has 0 saturated heterocycles. The Morgan fingerprint density at radius 3 is 2.32 bits per heavy atom. The van der Waals surface area contributed by atoms with Gasteiger partial charge in [-0.05, 0) is 54.1 Å². The average Bonchev–Trinajstić information content (AvgIpc) is 2.91. The Morgan fingerprint density at radius 1 is 0.968 bits per heavy atom. The Hall–Kier alpha value is -1.70. The molecule has 158 valence electrons. The third-order valence-corrected chi connectivity index (χ3v) is 6.77. The number of halogens is 4. The van der Waals surface area contributed by atoms with Gasteiger partial charge in [-0.15, -0.1) is 0 Å². The SMILES string of the molecule is O=C(CC1(O)C(=O)N(Cc2ccc(Br)cc2)c2ccc(Br)cc21)c1ccc(Cl)cc1Cl. The van der Waals surface area contributed by atoms with E-state index in [9.17, 15) is 14.7 Å². The quantitative estimate of drug-likeness (QED) is 0.348.